The largest absolute Gasteiger partial charge is 0.494 e. The van der Waals surface area contributed by atoms with Gasteiger partial charge in [0.1, 0.15) is 5.56 Å². The lowest BCUT2D eigenvalue weighted by atomic mass is 10.1. The molecule has 0 spiro atoms. The van der Waals surface area contributed by atoms with Crippen LogP contribution in [0.2, 0.25) is 0 Å². The summed E-state index contributed by atoms with van der Waals surface area (Å²) in [5.74, 6) is -0.423. The average molecular weight is 400 g/mol. The van der Waals surface area contributed by atoms with Crippen molar-refractivity contribution in [1.82, 2.24) is 9.55 Å². The van der Waals surface area contributed by atoms with E-state index in [9.17, 15) is 14.7 Å². The van der Waals surface area contributed by atoms with Crippen molar-refractivity contribution in [2.24, 2.45) is 5.10 Å². The Kier molecular flexibility index (Phi) is 5.17. The maximum absolute atomic E-state index is 12.4. The van der Waals surface area contributed by atoms with E-state index < -0.39 is 17.1 Å². The lowest BCUT2D eigenvalue weighted by molar-refractivity contribution is 0.408. The van der Waals surface area contributed by atoms with Crippen molar-refractivity contribution in [1.29, 1.82) is 0 Å². The van der Waals surface area contributed by atoms with Crippen molar-refractivity contribution >= 4 is 22.2 Å². The minimum Gasteiger partial charge on any atom is -0.494 e. The van der Waals surface area contributed by atoms with E-state index in [0.29, 0.717) is 0 Å². The first-order chi connectivity index (χ1) is 14.5. The van der Waals surface area contributed by atoms with Crippen LogP contribution in [0.3, 0.4) is 0 Å². The molecule has 0 radical (unpaired) electrons. The Labute approximate surface area is 172 Å². The molecule has 150 valence electrons. The van der Waals surface area contributed by atoms with Gasteiger partial charge in [0.05, 0.1) is 17.9 Å². The number of aromatic hydroxyl groups is 1. The van der Waals surface area contributed by atoms with Crippen LogP contribution in [-0.4, -0.2) is 20.4 Å². The zero-order valence-electron chi connectivity index (χ0n) is 16.3. The van der Waals surface area contributed by atoms with Crippen molar-refractivity contribution in [3.05, 3.63) is 105 Å². The summed E-state index contributed by atoms with van der Waals surface area (Å²) in [5.41, 5.74) is 3.37. The molecule has 0 aliphatic rings. The molecule has 0 aliphatic carbocycles. The normalized spacial score (nSPS) is 11.6. The van der Waals surface area contributed by atoms with Crippen LogP contribution in [0.1, 0.15) is 18.1 Å². The lowest BCUT2D eigenvalue weighted by Crippen LogP contribution is -2.34. The quantitative estimate of drug-likeness (QED) is 0.354. The molecule has 0 unspecified atom stereocenters. The third kappa shape index (κ3) is 3.73. The summed E-state index contributed by atoms with van der Waals surface area (Å²) in [6.07, 6.45) is 0. The molecule has 7 nitrogen and oxygen atoms in total. The smallest absolute Gasteiger partial charge is 0.331 e. The lowest BCUT2D eigenvalue weighted by Gasteiger charge is -2.12. The van der Waals surface area contributed by atoms with Crippen molar-refractivity contribution < 1.29 is 5.11 Å². The predicted molar refractivity (Wildman–Crippen MR) is 118 cm³/mol. The second kappa shape index (κ2) is 8.08. The summed E-state index contributed by atoms with van der Waals surface area (Å²) in [5, 5.41) is 17.0. The zero-order chi connectivity index (χ0) is 21.1. The molecule has 7 heteroatoms. The molecule has 0 aliphatic heterocycles. The minimum atomic E-state index is -0.692. The Hall–Kier alpha value is -4.13. The number of hydrogen-bond donors (Lipinski definition) is 3. The number of benzene rings is 3. The summed E-state index contributed by atoms with van der Waals surface area (Å²) < 4.78 is 1.11. The van der Waals surface area contributed by atoms with Gasteiger partial charge >= 0.3 is 5.69 Å². The molecule has 4 aromatic rings. The molecule has 3 aromatic carbocycles. The SMILES string of the molecule is C/C(=N/Nc1cccc2ccccc12)c1c(O)n(Cc2ccccc2)c(=O)[nH]c1=O. The average Bonchev–Trinajstić information content (AvgIpc) is 2.75. The van der Waals surface area contributed by atoms with Gasteiger partial charge in [0.2, 0.25) is 5.88 Å². The van der Waals surface area contributed by atoms with Crippen LogP contribution in [-0.2, 0) is 6.54 Å². The molecule has 3 N–H and O–H groups in total. The summed E-state index contributed by atoms with van der Waals surface area (Å²) >= 11 is 0. The van der Waals surface area contributed by atoms with Crippen molar-refractivity contribution in [3.63, 3.8) is 0 Å². The van der Waals surface area contributed by atoms with E-state index in [1.165, 1.54) is 0 Å². The molecule has 30 heavy (non-hydrogen) atoms. The van der Waals surface area contributed by atoms with Crippen molar-refractivity contribution in [2.45, 2.75) is 13.5 Å². The molecular weight excluding hydrogens is 380 g/mol. The van der Waals surface area contributed by atoms with E-state index in [4.69, 9.17) is 0 Å². The summed E-state index contributed by atoms with van der Waals surface area (Å²) in [4.78, 5) is 26.9. The first-order valence-corrected chi connectivity index (χ1v) is 9.43. The Morgan fingerprint density at radius 1 is 1.00 bits per heavy atom. The Morgan fingerprint density at radius 3 is 2.50 bits per heavy atom. The molecular formula is C23H20N4O3. The zero-order valence-corrected chi connectivity index (χ0v) is 16.3. The Bertz CT molecular complexity index is 1350. The second-order valence-electron chi connectivity index (χ2n) is 6.87. The van der Waals surface area contributed by atoms with Gasteiger partial charge < -0.3 is 5.11 Å². The predicted octanol–water partition coefficient (Wildman–Crippen LogP) is 3.28. The second-order valence-corrected chi connectivity index (χ2v) is 6.87. The van der Waals surface area contributed by atoms with Gasteiger partial charge in [-0.25, -0.2) is 4.79 Å². The van der Waals surface area contributed by atoms with Crippen LogP contribution < -0.4 is 16.7 Å². The van der Waals surface area contributed by atoms with Crippen LogP contribution in [0.25, 0.3) is 10.8 Å². The van der Waals surface area contributed by atoms with E-state index in [2.05, 4.69) is 15.5 Å². The van der Waals surface area contributed by atoms with Gasteiger partial charge in [-0.2, -0.15) is 5.10 Å². The number of anilines is 1. The van der Waals surface area contributed by atoms with Crippen molar-refractivity contribution in [2.75, 3.05) is 5.43 Å². The van der Waals surface area contributed by atoms with Crippen LogP contribution in [0, 0.1) is 0 Å². The fraction of sp³-hybridized carbons (Fsp3) is 0.0870. The number of aromatic nitrogens is 2. The van der Waals surface area contributed by atoms with E-state index in [-0.39, 0.29) is 17.8 Å². The monoisotopic (exact) mass is 400 g/mol. The van der Waals surface area contributed by atoms with Gasteiger partial charge in [0.15, 0.2) is 0 Å². The van der Waals surface area contributed by atoms with Gasteiger partial charge in [-0.15, -0.1) is 0 Å². The van der Waals surface area contributed by atoms with Crippen LogP contribution in [0.4, 0.5) is 5.69 Å². The fourth-order valence-electron chi connectivity index (χ4n) is 3.32. The number of fused-ring (bicyclic) bond motifs is 1. The molecule has 0 fully saturated rings. The first kappa shape index (κ1) is 19.2. The number of nitrogens with one attached hydrogen (secondary N) is 2. The molecule has 0 amide bonds. The molecule has 0 saturated carbocycles. The molecule has 0 bridgehead atoms. The summed E-state index contributed by atoms with van der Waals surface area (Å²) in [6, 6.07) is 22.8. The highest BCUT2D eigenvalue weighted by molar-refractivity contribution is 6.01. The van der Waals surface area contributed by atoms with Crippen LogP contribution in [0.15, 0.2) is 87.5 Å². The molecule has 1 aromatic heterocycles. The highest BCUT2D eigenvalue weighted by Gasteiger charge is 2.17. The number of nitrogens with zero attached hydrogens (tertiary/aromatic N) is 2. The fourth-order valence-corrected chi connectivity index (χ4v) is 3.32. The number of aromatic amines is 1. The van der Waals surface area contributed by atoms with Crippen LogP contribution in [0.5, 0.6) is 5.88 Å². The molecule has 0 atom stereocenters. The minimum absolute atomic E-state index is 0.0572. The number of H-pyrrole nitrogens is 1. The number of hydrazone groups is 1. The number of rotatable bonds is 5. The Balaban J connectivity index is 1.71. The first-order valence-electron chi connectivity index (χ1n) is 9.43. The molecule has 1 heterocycles. The summed E-state index contributed by atoms with van der Waals surface area (Å²) in [6.45, 7) is 1.72. The van der Waals surface area contributed by atoms with E-state index in [0.717, 1.165) is 26.6 Å². The Morgan fingerprint density at radius 2 is 1.70 bits per heavy atom. The molecule has 0 saturated heterocycles. The van der Waals surface area contributed by atoms with E-state index in [1.54, 1.807) is 6.92 Å². The maximum atomic E-state index is 12.4. The highest BCUT2D eigenvalue weighted by atomic mass is 16.3. The van der Waals surface area contributed by atoms with Gasteiger partial charge in [-0.05, 0) is 23.9 Å². The van der Waals surface area contributed by atoms with E-state index >= 15 is 0 Å². The third-order valence-electron chi connectivity index (χ3n) is 4.85. The van der Waals surface area contributed by atoms with Gasteiger partial charge in [-0.1, -0.05) is 66.7 Å². The van der Waals surface area contributed by atoms with Gasteiger partial charge in [0, 0.05) is 5.39 Å². The maximum Gasteiger partial charge on any atom is 0.331 e. The van der Waals surface area contributed by atoms with E-state index in [1.807, 2.05) is 72.8 Å². The van der Waals surface area contributed by atoms with Crippen molar-refractivity contribution in [3.8, 4) is 5.88 Å². The van der Waals surface area contributed by atoms with Crippen LogP contribution >= 0.6 is 0 Å². The molecule has 4 rings (SSSR count). The summed E-state index contributed by atoms with van der Waals surface area (Å²) in [7, 11) is 0. The highest BCUT2D eigenvalue weighted by Crippen LogP contribution is 2.23. The number of hydrogen-bond acceptors (Lipinski definition) is 5. The topological polar surface area (TPSA) is 99.5 Å². The standard InChI is InChI=1S/C23H20N4O3/c1-15(25-26-19-13-7-11-17-10-5-6-12-18(17)19)20-21(28)24-23(30)27(22(20)29)14-16-8-3-2-4-9-16/h2-13,26,29H,14H2,1H3,(H,24,28,30)/b25-15-. The van der Waals surface area contributed by atoms with Gasteiger partial charge in [0.25, 0.3) is 5.56 Å². The van der Waals surface area contributed by atoms with Gasteiger partial charge in [-0.3, -0.25) is 19.8 Å². The third-order valence-corrected chi connectivity index (χ3v) is 4.85.